The lowest BCUT2D eigenvalue weighted by Gasteiger charge is -2.43. The Kier molecular flexibility index (Phi) is 5.38. The number of methoxy groups -OCH3 is 1. The van der Waals surface area contributed by atoms with Gasteiger partial charge < -0.3 is 9.84 Å². The number of esters is 1. The second-order valence-electron chi connectivity index (χ2n) is 9.45. The molecule has 3 nitrogen and oxygen atoms in total. The molecule has 0 aromatic heterocycles. The fourth-order valence-electron chi connectivity index (χ4n) is 4.91. The van der Waals surface area contributed by atoms with Crippen molar-refractivity contribution < 1.29 is 14.6 Å². The zero-order chi connectivity index (χ0) is 20.5. The smallest absolute Gasteiger partial charge is 0.337 e. The van der Waals surface area contributed by atoms with E-state index in [4.69, 9.17) is 4.74 Å². The van der Waals surface area contributed by atoms with E-state index in [1.165, 1.54) is 24.7 Å². The third-order valence-electron chi connectivity index (χ3n) is 5.45. The van der Waals surface area contributed by atoms with E-state index in [1.807, 2.05) is 36.4 Å². The lowest BCUT2D eigenvalue weighted by molar-refractivity contribution is 0.0600. The fourth-order valence-corrected chi connectivity index (χ4v) is 4.91. The van der Waals surface area contributed by atoms with Crippen LogP contribution >= 0.6 is 0 Å². The predicted octanol–water partition coefficient (Wildman–Crippen LogP) is 6.22. The van der Waals surface area contributed by atoms with E-state index >= 15 is 0 Å². The predicted molar refractivity (Wildman–Crippen MR) is 113 cm³/mol. The molecule has 0 aliphatic heterocycles. The molecular weight excluding hydrogens is 348 g/mol. The zero-order valence-corrected chi connectivity index (χ0v) is 17.5. The molecule has 1 aliphatic rings. The molecule has 1 fully saturated rings. The van der Waals surface area contributed by atoms with E-state index < -0.39 is 0 Å². The van der Waals surface area contributed by atoms with E-state index in [2.05, 4.69) is 27.7 Å². The normalized spacial score (nSPS) is 17.8. The van der Waals surface area contributed by atoms with Crippen LogP contribution in [0.2, 0.25) is 0 Å². The van der Waals surface area contributed by atoms with Crippen LogP contribution in [-0.4, -0.2) is 18.2 Å². The largest absolute Gasteiger partial charge is 0.508 e. The maximum absolute atomic E-state index is 11.8. The van der Waals surface area contributed by atoms with Crippen LogP contribution in [0.15, 0.2) is 54.1 Å². The van der Waals surface area contributed by atoms with Gasteiger partial charge in [0.25, 0.3) is 0 Å². The Morgan fingerprint density at radius 2 is 1.25 bits per heavy atom. The van der Waals surface area contributed by atoms with Gasteiger partial charge in [0.1, 0.15) is 5.75 Å². The van der Waals surface area contributed by atoms with Gasteiger partial charge in [0.15, 0.2) is 0 Å². The monoisotopic (exact) mass is 378 g/mol. The summed E-state index contributed by atoms with van der Waals surface area (Å²) < 4.78 is 4.83. The Balaban J connectivity index is 2.15. The van der Waals surface area contributed by atoms with Crippen molar-refractivity contribution in [2.75, 3.05) is 7.11 Å². The van der Waals surface area contributed by atoms with E-state index in [-0.39, 0.29) is 22.5 Å². The minimum Gasteiger partial charge on any atom is -0.508 e. The highest BCUT2D eigenvalue weighted by molar-refractivity contribution is 5.90. The Morgan fingerprint density at radius 1 is 0.821 bits per heavy atom. The fraction of sp³-hybridized carbons (Fsp3) is 0.400. The minimum atomic E-state index is -0.328. The Labute approximate surface area is 168 Å². The van der Waals surface area contributed by atoms with Gasteiger partial charge in [-0.2, -0.15) is 0 Å². The molecule has 1 aliphatic carbocycles. The highest BCUT2D eigenvalue weighted by atomic mass is 16.5. The molecular formula is C25H30O3. The molecule has 28 heavy (non-hydrogen) atoms. The van der Waals surface area contributed by atoms with Crippen LogP contribution in [0.3, 0.4) is 0 Å². The van der Waals surface area contributed by atoms with Crippen molar-refractivity contribution >= 4 is 11.5 Å². The van der Waals surface area contributed by atoms with Gasteiger partial charge in [-0.05, 0) is 71.1 Å². The first kappa shape index (κ1) is 20.2. The Bertz CT molecular complexity index is 866. The van der Waals surface area contributed by atoms with Gasteiger partial charge >= 0.3 is 5.97 Å². The van der Waals surface area contributed by atoms with Crippen LogP contribution in [0.1, 0.15) is 68.4 Å². The summed E-state index contributed by atoms with van der Waals surface area (Å²) in [4.78, 5) is 11.8. The van der Waals surface area contributed by atoms with Crippen molar-refractivity contribution in [3.63, 3.8) is 0 Å². The van der Waals surface area contributed by atoms with Crippen LogP contribution in [0.5, 0.6) is 5.75 Å². The number of phenolic OH excluding ortho intramolecular Hbond substituents is 1. The molecule has 0 heterocycles. The van der Waals surface area contributed by atoms with Gasteiger partial charge in [-0.15, -0.1) is 0 Å². The maximum atomic E-state index is 11.8. The molecule has 2 aromatic carbocycles. The van der Waals surface area contributed by atoms with Gasteiger partial charge in [0, 0.05) is 0 Å². The van der Waals surface area contributed by atoms with Crippen molar-refractivity contribution in [1.82, 2.24) is 0 Å². The Morgan fingerprint density at radius 3 is 1.71 bits per heavy atom. The SMILES string of the molecule is COC(=O)c1ccc(C(=C2CC(C)(C)CC(C)(C)C2)c2ccc(O)cc2)cc1. The summed E-state index contributed by atoms with van der Waals surface area (Å²) in [6, 6.07) is 15.0. The summed E-state index contributed by atoms with van der Waals surface area (Å²) in [5.74, 6) is -0.0660. The first-order valence-corrected chi connectivity index (χ1v) is 9.80. The highest BCUT2D eigenvalue weighted by Gasteiger charge is 2.37. The second kappa shape index (κ2) is 7.46. The van der Waals surface area contributed by atoms with Crippen LogP contribution < -0.4 is 0 Å². The van der Waals surface area contributed by atoms with Crippen LogP contribution in [0, 0.1) is 10.8 Å². The van der Waals surface area contributed by atoms with E-state index in [0.717, 1.165) is 24.0 Å². The summed E-state index contributed by atoms with van der Waals surface area (Å²) in [5.41, 5.74) is 5.81. The van der Waals surface area contributed by atoms with Gasteiger partial charge in [-0.25, -0.2) is 4.79 Å². The number of ether oxygens (including phenoxy) is 1. The number of rotatable bonds is 3. The lowest BCUT2D eigenvalue weighted by Crippen LogP contribution is -2.30. The average molecular weight is 379 g/mol. The molecule has 0 spiro atoms. The van der Waals surface area contributed by atoms with Gasteiger partial charge in [-0.3, -0.25) is 0 Å². The number of phenols is 1. The van der Waals surface area contributed by atoms with Crippen LogP contribution in [0.25, 0.3) is 5.57 Å². The molecule has 0 radical (unpaired) electrons. The second-order valence-corrected chi connectivity index (χ2v) is 9.45. The zero-order valence-electron chi connectivity index (χ0n) is 17.5. The van der Waals surface area contributed by atoms with E-state index in [9.17, 15) is 9.90 Å². The summed E-state index contributed by atoms with van der Waals surface area (Å²) in [6.07, 6.45) is 3.25. The standard InChI is InChI=1S/C25H30O3/c1-24(2)14-20(15-25(3,4)16-24)22(18-10-12-21(26)13-11-18)17-6-8-19(9-7-17)23(27)28-5/h6-13,26H,14-16H2,1-5H3. The number of aromatic hydroxyl groups is 1. The minimum absolute atomic E-state index is 0.227. The van der Waals surface area contributed by atoms with E-state index in [1.54, 1.807) is 12.1 Å². The number of carbonyl (C=O) groups is 1. The van der Waals surface area contributed by atoms with Crippen molar-refractivity contribution in [3.05, 3.63) is 70.8 Å². The van der Waals surface area contributed by atoms with Gasteiger partial charge in [-0.1, -0.05) is 57.5 Å². The molecule has 0 bridgehead atoms. The number of allylic oxidation sites excluding steroid dienone is 1. The average Bonchev–Trinajstić information content (AvgIpc) is 2.61. The summed E-state index contributed by atoms with van der Waals surface area (Å²) in [6.45, 7) is 9.34. The molecule has 148 valence electrons. The molecule has 3 rings (SSSR count). The van der Waals surface area contributed by atoms with Gasteiger partial charge in [0.05, 0.1) is 12.7 Å². The number of hydrogen-bond acceptors (Lipinski definition) is 3. The van der Waals surface area contributed by atoms with Gasteiger partial charge in [0.2, 0.25) is 0 Å². The Hall–Kier alpha value is -2.55. The van der Waals surface area contributed by atoms with Crippen molar-refractivity contribution in [3.8, 4) is 5.75 Å². The third kappa shape index (κ3) is 4.46. The maximum Gasteiger partial charge on any atom is 0.337 e. The topological polar surface area (TPSA) is 46.5 Å². The third-order valence-corrected chi connectivity index (χ3v) is 5.45. The quantitative estimate of drug-likeness (QED) is 0.645. The van der Waals surface area contributed by atoms with Crippen molar-refractivity contribution in [1.29, 1.82) is 0 Å². The molecule has 1 N–H and O–H groups in total. The first-order valence-electron chi connectivity index (χ1n) is 9.80. The lowest BCUT2D eigenvalue weighted by atomic mass is 9.62. The number of benzene rings is 2. The molecule has 0 saturated heterocycles. The first-order chi connectivity index (χ1) is 13.1. The summed E-state index contributed by atoms with van der Waals surface area (Å²) in [5, 5.41) is 9.74. The molecule has 0 unspecified atom stereocenters. The summed E-state index contributed by atoms with van der Waals surface area (Å²) in [7, 11) is 1.40. The van der Waals surface area contributed by atoms with Crippen LogP contribution in [0.4, 0.5) is 0 Å². The van der Waals surface area contributed by atoms with Crippen molar-refractivity contribution in [2.24, 2.45) is 10.8 Å². The molecule has 3 heteroatoms. The summed E-state index contributed by atoms with van der Waals surface area (Å²) >= 11 is 0. The molecule has 1 saturated carbocycles. The van der Waals surface area contributed by atoms with E-state index in [0.29, 0.717) is 5.56 Å². The number of carbonyl (C=O) groups excluding carboxylic acids is 1. The molecule has 0 amide bonds. The molecule has 0 atom stereocenters. The van der Waals surface area contributed by atoms with Crippen molar-refractivity contribution in [2.45, 2.75) is 47.0 Å². The van der Waals surface area contributed by atoms with Crippen LogP contribution in [-0.2, 0) is 4.74 Å². The highest BCUT2D eigenvalue weighted by Crippen LogP contribution is 2.50. The number of hydrogen-bond donors (Lipinski definition) is 1. The molecule has 2 aromatic rings.